The molecule has 20 heavy (non-hydrogen) atoms. The third-order valence-electron chi connectivity index (χ3n) is 4.09. The van der Waals surface area contributed by atoms with E-state index in [2.05, 4.69) is 14.5 Å². The van der Waals surface area contributed by atoms with Crippen LogP contribution in [0.3, 0.4) is 0 Å². The fourth-order valence-electron chi connectivity index (χ4n) is 2.76. The number of alkyl halides is 1. The Morgan fingerprint density at radius 3 is 2.85 bits per heavy atom. The van der Waals surface area contributed by atoms with Gasteiger partial charge in [0.05, 0.1) is 17.2 Å². The topological polar surface area (TPSA) is 39.9 Å². The van der Waals surface area contributed by atoms with E-state index in [1.54, 1.807) is 13.3 Å². The second kappa shape index (κ2) is 5.51. The molecule has 4 nitrogen and oxygen atoms in total. The summed E-state index contributed by atoms with van der Waals surface area (Å²) in [7, 11) is 1.78. The van der Waals surface area contributed by atoms with E-state index in [4.69, 9.17) is 27.9 Å². The first-order chi connectivity index (χ1) is 9.67. The second-order valence-electron chi connectivity index (χ2n) is 5.29. The molecule has 1 fully saturated rings. The quantitative estimate of drug-likeness (QED) is 0.794. The summed E-state index contributed by atoms with van der Waals surface area (Å²) in [6.45, 7) is 0.779. The Morgan fingerprint density at radius 2 is 2.25 bits per heavy atom. The van der Waals surface area contributed by atoms with Gasteiger partial charge < -0.3 is 9.30 Å². The zero-order valence-electron chi connectivity index (χ0n) is 11.4. The third-order valence-corrected chi connectivity index (χ3v) is 4.49. The smallest absolute Gasteiger partial charge is 0.160 e. The monoisotopic (exact) mass is 313 g/mol. The molecule has 0 unspecified atom stereocenters. The molecule has 0 aromatic carbocycles. The number of rotatable bonds is 5. The van der Waals surface area contributed by atoms with Crippen molar-refractivity contribution >= 4 is 34.4 Å². The molecule has 0 saturated heterocycles. The van der Waals surface area contributed by atoms with Gasteiger partial charge in [-0.1, -0.05) is 11.6 Å². The summed E-state index contributed by atoms with van der Waals surface area (Å²) < 4.78 is 7.85. The predicted molar refractivity (Wildman–Crippen MR) is 80.6 cm³/mol. The lowest BCUT2D eigenvalue weighted by Crippen LogP contribution is -2.43. The average molecular weight is 314 g/mol. The van der Waals surface area contributed by atoms with Crippen LogP contribution in [-0.4, -0.2) is 33.1 Å². The molecule has 0 aliphatic heterocycles. The number of methoxy groups -OCH3 is 1. The highest BCUT2D eigenvalue weighted by molar-refractivity contribution is 6.31. The van der Waals surface area contributed by atoms with E-state index in [9.17, 15) is 0 Å². The number of pyridine rings is 1. The van der Waals surface area contributed by atoms with Crippen LogP contribution in [-0.2, 0) is 17.7 Å². The molecule has 0 bridgehead atoms. The molecule has 0 amide bonds. The number of halogens is 2. The number of imidazole rings is 1. The first-order valence-electron chi connectivity index (χ1n) is 6.79. The molecule has 2 aromatic heterocycles. The summed E-state index contributed by atoms with van der Waals surface area (Å²) in [5.41, 5.74) is 1.61. The summed E-state index contributed by atoms with van der Waals surface area (Å²) in [6, 6.07) is 1.85. The van der Waals surface area contributed by atoms with Gasteiger partial charge >= 0.3 is 0 Å². The van der Waals surface area contributed by atoms with E-state index < -0.39 is 0 Å². The fourth-order valence-corrected chi connectivity index (χ4v) is 3.08. The van der Waals surface area contributed by atoms with Gasteiger partial charge in [-0.2, -0.15) is 0 Å². The molecule has 0 spiro atoms. The Bertz CT molecular complexity index is 617. The Hall–Kier alpha value is -0.840. The largest absolute Gasteiger partial charge is 0.376 e. The van der Waals surface area contributed by atoms with Gasteiger partial charge in [0.2, 0.25) is 0 Å². The molecule has 0 atom stereocenters. The maximum Gasteiger partial charge on any atom is 0.160 e. The molecule has 108 valence electrons. The lowest BCUT2D eigenvalue weighted by Gasteiger charge is -2.41. The Balaban J connectivity index is 2.04. The lowest BCUT2D eigenvalue weighted by atomic mass is 9.80. The van der Waals surface area contributed by atoms with Crippen LogP contribution in [0.2, 0.25) is 5.02 Å². The van der Waals surface area contributed by atoms with Crippen molar-refractivity contribution in [1.29, 1.82) is 0 Å². The molecule has 1 saturated carbocycles. The van der Waals surface area contributed by atoms with Gasteiger partial charge in [-0.25, -0.2) is 9.97 Å². The van der Waals surface area contributed by atoms with E-state index in [1.165, 1.54) is 6.42 Å². The van der Waals surface area contributed by atoms with Gasteiger partial charge in [0, 0.05) is 25.6 Å². The average Bonchev–Trinajstić information content (AvgIpc) is 2.71. The van der Waals surface area contributed by atoms with Crippen LogP contribution in [0.4, 0.5) is 0 Å². The zero-order chi connectivity index (χ0) is 14.2. The predicted octanol–water partition coefficient (Wildman–Crippen LogP) is 3.44. The first-order valence-corrected chi connectivity index (χ1v) is 7.70. The summed E-state index contributed by atoms with van der Waals surface area (Å²) in [4.78, 5) is 9.05. The van der Waals surface area contributed by atoms with Crippen LogP contribution >= 0.6 is 23.2 Å². The van der Waals surface area contributed by atoms with Crippen LogP contribution in [0.5, 0.6) is 0 Å². The molecular formula is C14H17Cl2N3O. The lowest BCUT2D eigenvalue weighted by molar-refractivity contribution is -0.0833. The highest BCUT2D eigenvalue weighted by Gasteiger charge is 2.38. The normalized spacial score (nSPS) is 17.4. The minimum atomic E-state index is -0.0734. The van der Waals surface area contributed by atoms with E-state index in [0.29, 0.717) is 10.9 Å². The molecule has 2 aromatic rings. The maximum absolute atomic E-state index is 5.99. The minimum absolute atomic E-state index is 0.0734. The number of aryl methyl sites for hydroxylation is 1. The number of aromatic nitrogens is 3. The number of fused-ring (bicyclic) bond motifs is 1. The molecule has 3 rings (SSSR count). The van der Waals surface area contributed by atoms with Crippen LogP contribution in [0.15, 0.2) is 12.3 Å². The van der Waals surface area contributed by atoms with Gasteiger partial charge in [0.15, 0.2) is 5.65 Å². The van der Waals surface area contributed by atoms with Crippen LogP contribution in [0, 0.1) is 0 Å². The second-order valence-corrected chi connectivity index (χ2v) is 6.10. The van der Waals surface area contributed by atoms with E-state index in [0.717, 1.165) is 42.8 Å². The van der Waals surface area contributed by atoms with Crippen molar-refractivity contribution in [1.82, 2.24) is 14.5 Å². The highest BCUT2D eigenvalue weighted by Crippen LogP contribution is 2.37. The van der Waals surface area contributed by atoms with Crippen molar-refractivity contribution in [2.75, 3.05) is 13.0 Å². The van der Waals surface area contributed by atoms with Crippen molar-refractivity contribution in [3.05, 3.63) is 23.1 Å². The van der Waals surface area contributed by atoms with E-state index in [1.807, 2.05) is 6.07 Å². The molecule has 1 aliphatic carbocycles. The van der Waals surface area contributed by atoms with Gasteiger partial charge in [0.25, 0.3) is 0 Å². The Morgan fingerprint density at radius 1 is 1.45 bits per heavy atom. The molecule has 0 N–H and O–H groups in total. The van der Waals surface area contributed by atoms with Crippen LogP contribution in [0.25, 0.3) is 11.2 Å². The van der Waals surface area contributed by atoms with Gasteiger partial charge in [-0.3, -0.25) is 0 Å². The first kappa shape index (κ1) is 14.1. The summed E-state index contributed by atoms with van der Waals surface area (Å²) in [5.74, 6) is 1.49. The number of hydrogen-bond acceptors (Lipinski definition) is 3. The molecular weight excluding hydrogens is 297 g/mol. The maximum atomic E-state index is 5.99. The highest BCUT2D eigenvalue weighted by atomic mass is 35.5. The fraction of sp³-hybridized carbons (Fsp3) is 0.571. The van der Waals surface area contributed by atoms with Gasteiger partial charge in [-0.15, -0.1) is 11.6 Å². The van der Waals surface area contributed by atoms with E-state index in [-0.39, 0.29) is 5.60 Å². The number of hydrogen-bond donors (Lipinski definition) is 0. The summed E-state index contributed by atoms with van der Waals surface area (Å²) in [6.07, 6.45) is 5.75. The van der Waals surface area contributed by atoms with Crippen molar-refractivity contribution in [2.24, 2.45) is 0 Å². The minimum Gasteiger partial charge on any atom is -0.376 e. The van der Waals surface area contributed by atoms with Crippen molar-refractivity contribution in [3.8, 4) is 0 Å². The van der Waals surface area contributed by atoms with E-state index >= 15 is 0 Å². The summed E-state index contributed by atoms with van der Waals surface area (Å²) >= 11 is 11.9. The zero-order valence-corrected chi connectivity index (χ0v) is 12.9. The molecule has 0 radical (unpaired) electrons. The molecule has 6 heteroatoms. The Kier molecular flexibility index (Phi) is 3.89. The molecule has 1 aliphatic rings. The SMILES string of the molecule is COC1(Cn2c(CCCl)nc3cc(Cl)cnc32)CCC1. The summed E-state index contributed by atoms with van der Waals surface area (Å²) in [5, 5.41) is 0.602. The van der Waals surface area contributed by atoms with Crippen molar-refractivity contribution in [2.45, 2.75) is 37.8 Å². The van der Waals surface area contributed by atoms with Crippen molar-refractivity contribution < 1.29 is 4.74 Å². The Labute approximate surface area is 128 Å². The standard InChI is InChI=1S/C14H17Cl2N3O/c1-20-14(4-2-5-14)9-19-12(3-6-15)18-11-7-10(16)8-17-13(11)19/h7-8H,2-6,9H2,1H3. The van der Waals surface area contributed by atoms with Crippen LogP contribution < -0.4 is 0 Å². The third kappa shape index (κ3) is 2.41. The van der Waals surface area contributed by atoms with Crippen LogP contribution in [0.1, 0.15) is 25.1 Å². The molecule has 2 heterocycles. The van der Waals surface area contributed by atoms with Crippen molar-refractivity contribution in [3.63, 3.8) is 0 Å². The van der Waals surface area contributed by atoms with Gasteiger partial charge in [-0.05, 0) is 25.3 Å². The number of ether oxygens (including phenoxy) is 1. The van der Waals surface area contributed by atoms with Gasteiger partial charge in [0.1, 0.15) is 11.3 Å². The number of nitrogens with zero attached hydrogens (tertiary/aromatic N) is 3.